The second-order valence-electron chi connectivity index (χ2n) is 7.74. The molecule has 0 aromatic heterocycles. The fourth-order valence-electron chi connectivity index (χ4n) is 4.04. The van der Waals surface area contributed by atoms with E-state index in [1.807, 2.05) is 0 Å². The molecule has 0 bridgehead atoms. The van der Waals surface area contributed by atoms with E-state index in [0.717, 1.165) is 30.6 Å². The Labute approximate surface area is 162 Å². The van der Waals surface area contributed by atoms with Gasteiger partial charge in [0, 0.05) is 24.7 Å². The molecule has 2 aliphatic rings. The second-order valence-corrected chi connectivity index (χ2v) is 9.51. The van der Waals surface area contributed by atoms with Crippen molar-refractivity contribution in [1.82, 2.24) is 9.62 Å². The first-order valence-electron chi connectivity index (χ1n) is 10.1. The van der Waals surface area contributed by atoms with Crippen molar-refractivity contribution in [3.63, 3.8) is 0 Å². The minimum absolute atomic E-state index is 0.00966. The van der Waals surface area contributed by atoms with Crippen LogP contribution in [0.3, 0.4) is 0 Å². The first kappa shape index (κ1) is 20.3. The summed E-state index contributed by atoms with van der Waals surface area (Å²) in [6, 6.07) is 5.61. The van der Waals surface area contributed by atoms with E-state index in [1.165, 1.54) is 32.1 Å². The third-order valence-electron chi connectivity index (χ3n) is 5.69. The van der Waals surface area contributed by atoms with Gasteiger partial charge in [-0.05, 0) is 69.5 Å². The van der Waals surface area contributed by atoms with Gasteiger partial charge in [0.1, 0.15) is 0 Å². The quantitative estimate of drug-likeness (QED) is 0.698. The van der Waals surface area contributed by atoms with E-state index in [2.05, 4.69) is 22.0 Å². The number of amides is 1. The van der Waals surface area contributed by atoms with Crippen LogP contribution in [-0.2, 0) is 21.2 Å². The molecule has 0 radical (unpaired) electrons. The molecule has 1 aliphatic heterocycles. The molecular weight excluding hydrogens is 362 g/mol. The van der Waals surface area contributed by atoms with Gasteiger partial charge < -0.3 is 10.2 Å². The van der Waals surface area contributed by atoms with E-state index in [1.54, 1.807) is 18.2 Å². The van der Waals surface area contributed by atoms with Crippen molar-refractivity contribution in [3.05, 3.63) is 23.8 Å². The summed E-state index contributed by atoms with van der Waals surface area (Å²) in [6.07, 6.45) is 9.20. The number of rotatable bonds is 7. The zero-order valence-electron chi connectivity index (χ0n) is 16.2. The Morgan fingerprint density at radius 1 is 1.15 bits per heavy atom. The van der Waals surface area contributed by atoms with Gasteiger partial charge in [0.25, 0.3) is 0 Å². The number of fused-ring (bicyclic) bond motifs is 1. The topological polar surface area (TPSA) is 78.5 Å². The zero-order chi connectivity index (χ0) is 19.3. The summed E-state index contributed by atoms with van der Waals surface area (Å²) >= 11 is 0. The Hall–Kier alpha value is -1.44. The first-order valence-corrected chi connectivity index (χ1v) is 11.6. The van der Waals surface area contributed by atoms with Crippen molar-refractivity contribution in [2.24, 2.45) is 0 Å². The molecule has 0 atom stereocenters. The number of carbonyl (C=O) groups excluding carboxylic acids is 1. The van der Waals surface area contributed by atoms with Gasteiger partial charge in [-0.2, -0.15) is 0 Å². The molecule has 27 heavy (non-hydrogen) atoms. The molecule has 7 heteroatoms. The smallest absolute Gasteiger partial charge is 0.240 e. The van der Waals surface area contributed by atoms with Gasteiger partial charge in [-0.3, -0.25) is 4.79 Å². The number of hydrogen-bond donors (Lipinski definition) is 2. The molecule has 0 spiro atoms. The molecule has 0 saturated heterocycles. The first-order chi connectivity index (χ1) is 13.0. The van der Waals surface area contributed by atoms with Crippen LogP contribution in [0.4, 0.5) is 5.69 Å². The number of anilines is 1. The maximum Gasteiger partial charge on any atom is 0.240 e. The summed E-state index contributed by atoms with van der Waals surface area (Å²) in [7, 11) is -1.38. The van der Waals surface area contributed by atoms with Crippen LogP contribution in [0.5, 0.6) is 0 Å². The summed E-state index contributed by atoms with van der Waals surface area (Å²) in [5, 5.41) is 2.84. The third-order valence-corrected chi connectivity index (χ3v) is 7.15. The zero-order valence-corrected chi connectivity index (χ0v) is 17.0. The van der Waals surface area contributed by atoms with Gasteiger partial charge in [0.15, 0.2) is 0 Å². The highest BCUT2D eigenvalue weighted by Crippen LogP contribution is 2.25. The van der Waals surface area contributed by atoms with Crippen molar-refractivity contribution in [3.8, 4) is 0 Å². The van der Waals surface area contributed by atoms with Crippen molar-refractivity contribution in [2.75, 3.05) is 25.5 Å². The van der Waals surface area contributed by atoms with Crippen LogP contribution in [0.1, 0.15) is 56.9 Å². The van der Waals surface area contributed by atoms with Crippen molar-refractivity contribution in [2.45, 2.75) is 68.7 Å². The predicted octanol–water partition coefficient (Wildman–Crippen LogP) is 2.89. The van der Waals surface area contributed by atoms with Crippen LogP contribution in [-0.4, -0.2) is 45.4 Å². The number of benzene rings is 1. The minimum atomic E-state index is -3.52. The SMILES string of the molecule is CN(CCCNS(=O)(=O)c1ccc2c(c1)CCCC(=O)N2)C1CCCCC1. The van der Waals surface area contributed by atoms with E-state index in [0.29, 0.717) is 25.4 Å². The summed E-state index contributed by atoms with van der Waals surface area (Å²) in [6.45, 7) is 1.34. The van der Waals surface area contributed by atoms with E-state index >= 15 is 0 Å². The number of sulfonamides is 1. The predicted molar refractivity (Wildman–Crippen MR) is 107 cm³/mol. The van der Waals surface area contributed by atoms with Crippen LogP contribution >= 0.6 is 0 Å². The van der Waals surface area contributed by atoms with Crippen molar-refractivity contribution >= 4 is 21.6 Å². The van der Waals surface area contributed by atoms with E-state index in [-0.39, 0.29) is 10.8 Å². The normalized spacial score (nSPS) is 18.8. The van der Waals surface area contributed by atoms with E-state index < -0.39 is 10.0 Å². The van der Waals surface area contributed by atoms with Gasteiger partial charge in [0.05, 0.1) is 4.90 Å². The van der Waals surface area contributed by atoms with Crippen LogP contribution < -0.4 is 10.0 Å². The Bertz CT molecular complexity index is 758. The molecule has 1 aromatic rings. The van der Waals surface area contributed by atoms with Crippen LogP contribution in [0.25, 0.3) is 0 Å². The Morgan fingerprint density at radius 2 is 1.93 bits per heavy atom. The summed E-state index contributed by atoms with van der Waals surface area (Å²) < 4.78 is 27.9. The lowest BCUT2D eigenvalue weighted by Gasteiger charge is -2.31. The summed E-state index contributed by atoms with van der Waals surface area (Å²) in [5.41, 5.74) is 1.62. The molecule has 150 valence electrons. The molecule has 1 saturated carbocycles. The fraction of sp³-hybridized carbons (Fsp3) is 0.650. The van der Waals surface area contributed by atoms with Gasteiger partial charge in [0.2, 0.25) is 15.9 Å². The highest BCUT2D eigenvalue weighted by Gasteiger charge is 2.20. The number of hydrogen-bond acceptors (Lipinski definition) is 4. The molecule has 1 aromatic carbocycles. The van der Waals surface area contributed by atoms with Gasteiger partial charge in [-0.25, -0.2) is 13.1 Å². The van der Waals surface area contributed by atoms with E-state index in [9.17, 15) is 13.2 Å². The highest BCUT2D eigenvalue weighted by atomic mass is 32.2. The highest BCUT2D eigenvalue weighted by molar-refractivity contribution is 7.89. The molecule has 2 N–H and O–H groups in total. The van der Waals surface area contributed by atoms with Crippen LogP contribution in [0.15, 0.2) is 23.1 Å². The molecule has 1 amide bonds. The lowest BCUT2D eigenvalue weighted by atomic mass is 9.94. The molecule has 0 unspecified atom stereocenters. The average molecular weight is 394 g/mol. The second kappa shape index (κ2) is 9.17. The van der Waals surface area contributed by atoms with Crippen LogP contribution in [0, 0.1) is 0 Å². The van der Waals surface area contributed by atoms with Crippen LogP contribution in [0.2, 0.25) is 0 Å². The average Bonchev–Trinajstić information content (AvgIpc) is 2.85. The van der Waals surface area contributed by atoms with Gasteiger partial charge >= 0.3 is 0 Å². The molecule has 3 rings (SSSR count). The molecule has 1 aliphatic carbocycles. The lowest BCUT2D eigenvalue weighted by Crippen LogP contribution is -2.35. The standard InChI is InChI=1S/C20H31N3O3S/c1-23(17-8-3-2-4-9-17)14-6-13-21-27(25,26)18-11-12-19-16(15-18)7-5-10-20(24)22-19/h11-12,15,17,21H,2-10,13-14H2,1H3,(H,22,24). The number of nitrogens with zero attached hydrogens (tertiary/aromatic N) is 1. The number of carbonyl (C=O) groups is 1. The molecular formula is C20H31N3O3S. The minimum Gasteiger partial charge on any atom is -0.326 e. The maximum absolute atomic E-state index is 12.6. The Morgan fingerprint density at radius 3 is 2.70 bits per heavy atom. The number of aryl methyl sites for hydroxylation is 1. The Kier molecular flexibility index (Phi) is 6.89. The number of nitrogens with one attached hydrogen (secondary N) is 2. The summed E-state index contributed by atoms with van der Waals surface area (Å²) in [4.78, 5) is 14.3. The monoisotopic (exact) mass is 393 g/mol. The van der Waals surface area contributed by atoms with Gasteiger partial charge in [-0.1, -0.05) is 19.3 Å². The van der Waals surface area contributed by atoms with Crippen molar-refractivity contribution < 1.29 is 13.2 Å². The van der Waals surface area contributed by atoms with E-state index in [4.69, 9.17) is 0 Å². The Balaban J connectivity index is 1.52. The molecule has 6 nitrogen and oxygen atoms in total. The van der Waals surface area contributed by atoms with Gasteiger partial charge in [-0.15, -0.1) is 0 Å². The molecule has 1 heterocycles. The lowest BCUT2D eigenvalue weighted by molar-refractivity contribution is -0.116. The largest absolute Gasteiger partial charge is 0.326 e. The summed E-state index contributed by atoms with van der Waals surface area (Å²) in [5.74, 6) is -0.00966. The third kappa shape index (κ3) is 5.53. The fourth-order valence-corrected chi connectivity index (χ4v) is 5.17. The van der Waals surface area contributed by atoms with Crippen molar-refractivity contribution in [1.29, 1.82) is 0 Å². The maximum atomic E-state index is 12.6. The molecule has 1 fully saturated rings.